The number of likely N-dealkylation sites (N-methyl/N-ethyl adjacent to an activating group) is 1. The number of hydrogen-bond donors (Lipinski definition) is 1. The largest absolute Gasteiger partial charge is 0.387 e. The maximum atomic E-state index is 12.8. The normalized spacial score (nSPS) is 23.4. The second-order valence-corrected chi connectivity index (χ2v) is 8.06. The first-order valence-electron chi connectivity index (χ1n) is 9.22. The Hall–Kier alpha value is -1.90. The third-order valence-electron chi connectivity index (χ3n) is 6.02. The van der Waals surface area contributed by atoms with Gasteiger partial charge in [-0.1, -0.05) is 0 Å². The van der Waals surface area contributed by atoms with Crippen LogP contribution < -0.4 is 0 Å². The predicted octanol–water partition coefficient (Wildman–Crippen LogP) is 1.87. The van der Waals surface area contributed by atoms with Gasteiger partial charge in [0.25, 0.3) is 5.91 Å². The summed E-state index contributed by atoms with van der Waals surface area (Å²) in [7, 11) is 1.89. The van der Waals surface area contributed by atoms with Gasteiger partial charge in [0.05, 0.1) is 17.2 Å². The lowest BCUT2D eigenvalue weighted by molar-refractivity contribution is -0.118. The molecular formula is C20H25N3O2. The average Bonchev–Trinajstić information content (AvgIpc) is 3.48. The van der Waals surface area contributed by atoms with E-state index in [0.717, 1.165) is 32.5 Å². The van der Waals surface area contributed by atoms with Crippen LogP contribution in [0.1, 0.15) is 41.6 Å². The molecule has 5 nitrogen and oxygen atoms in total. The zero-order valence-corrected chi connectivity index (χ0v) is 14.7. The average molecular weight is 339 g/mol. The summed E-state index contributed by atoms with van der Waals surface area (Å²) in [5, 5.41) is 19.4. The number of aliphatic hydroxyl groups is 1. The maximum absolute atomic E-state index is 12.8. The molecule has 1 atom stereocenters. The first kappa shape index (κ1) is 16.6. The fourth-order valence-electron chi connectivity index (χ4n) is 4.11. The van der Waals surface area contributed by atoms with Gasteiger partial charge in [-0.25, -0.2) is 0 Å². The molecule has 3 aliphatic rings. The van der Waals surface area contributed by atoms with Crippen LogP contribution in [0.25, 0.3) is 0 Å². The van der Waals surface area contributed by atoms with Crippen molar-refractivity contribution in [3.8, 4) is 6.07 Å². The Bertz CT molecular complexity index is 695. The molecule has 0 radical (unpaired) electrons. The topological polar surface area (TPSA) is 67.6 Å². The van der Waals surface area contributed by atoms with Crippen LogP contribution in [-0.4, -0.2) is 59.1 Å². The lowest BCUT2D eigenvalue weighted by Crippen LogP contribution is -2.65. The highest BCUT2D eigenvalue weighted by Crippen LogP contribution is 2.45. The number of hydrogen-bond acceptors (Lipinski definition) is 4. The summed E-state index contributed by atoms with van der Waals surface area (Å²) in [5.41, 5.74) is 0.729. The van der Waals surface area contributed by atoms with Gasteiger partial charge in [0.1, 0.15) is 0 Å². The number of nitrogens with zero attached hydrogens (tertiary/aromatic N) is 3. The minimum atomic E-state index is -0.468. The van der Waals surface area contributed by atoms with Crippen molar-refractivity contribution in [3.63, 3.8) is 0 Å². The fourth-order valence-corrected chi connectivity index (χ4v) is 4.11. The van der Waals surface area contributed by atoms with Gasteiger partial charge >= 0.3 is 0 Å². The first-order valence-corrected chi connectivity index (χ1v) is 9.22. The summed E-state index contributed by atoms with van der Waals surface area (Å²) >= 11 is 0. The molecule has 4 rings (SSSR count). The highest BCUT2D eigenvalue weighted by Gasteiger charge is 2.52. The van der Waals surface area contributed by atoms with E-state index >= 15 is 0 Å². The Morgan fingerprint density at radius 3 is 2.48 bits per heavy atom. The second-order valence-electron chi connectivity index (χ2n) is 8.06. The number of β-amino-alcohol motifs (C(OH)–C–C–N with tert-alkyl or cyclic N) is 1. The Balaban J connectivity index is 1.40. The Morgan fingerprint density at radius 2 is 1.96 bits per heavy atom. The van der Waals surface area contributed by atoms with Crippen molar-refractivity contribution >= 4 is 5.91 Å². The molecule has 1 aliphatic heterocycles. The maximum Gasteiger partial charge on any atom is 0.253 e. The van der Waals surface area contributed by atoms with Crippen molar-refractivity contribution in [2.24, 2.45) is 11.8 Å². The summed E-state index contributed by atoms with van der Waals surface area (Å²) in [4.78, 5) is 17.0. The number of benzene rings is 1. The van der Waals surface area contributed by atoms with E-state index in [2.05, 4.69) is 11.0 Å². The molecule has 25 heavy (non-hydrogen) atoms. The van der Waals surface area contributed by atoms with Crippen molar-refractivity contribution in [2.75, 3.05) is 26.7 Å². The summed E-state index contributed by atoms with van der Waals surface area (Å²) in [6.07, 6.45) is 4.67. The van der Waals surface area contributed by atoms with Gasteiger partial charge in [-0.3, -0.25) is 9.69 Å². The molecule has 1 aromatic rings. The van der Waals surface area contributed by atoms with Crippen LogP contribution in [0.4, 0.5) is 0 Å². The summed E-state index contributed by atoms with van der Waals surface area (Å²) < 4.78 is 0. The van der Waals surface area contributed by atoms with E-state index in [9.17, 15) is 9.90 Å². The highest BCUT2D eigenvalue weighted by molar-refractivity contribution is 5.94. The lowest BCUT2D eigenvalue weighted by Gasteiger charge is -2.49. The van der Waals surface area contributed by atoms with Crippen molar-refractivity contribution < 1.29 is 9.90 Å². The van der Waals surface area contributed by atoms with E-state index in [1.54, 1.807) is 24.3 Å². The molecule has 0 spiro atoms. The van der Waals surface area contributed by atoms with Gasteiger partial charge < -0.3 is 10.0 Å². The van der Waals surface area contributed by atoms with Gasteiger partial charge in [-0.15, -0.1) is 0 Å². The number of rotatable bonds is 6. The van der Waals surface area contributed by atoms with E-state index in [-0.39, 0.29) is 11.9 Å². The molecule has 2 saturated carbocycles. The second kappa shape index (κ2) is 6.12. The van der Waals surface area contributed by atoms with E-state index < -0.39 is 5.60 Å². The molecule has 2 aliphatic carbocycles. The molecule has 1 heterocycles. The zero-order chi connectivity index (χ0) is 17.6. The molecule has 132 valence electrons. The summed E-state index contributed by atoms with van der Waals surface area (Å²) in [6.45, 7) is 2.35. The molecule has 0 bridgehead atoms. The van der Waals surface area contributed by atoms with Crippen LogP contribution in [0.15, 0.2) is 24.3 Å². The Kier molecular flexibility index (Phi) is 4.05. The molecule has 3 fully saturated rings. The van der Waals surface area contributed by atoms with Gasteiger partial charge in [0.15, 0.2) is 0 Å². The highest BCUT2D eigenvalue weighted by atomic mass is 16.3. The van der Waals surface area contributed by atoms with Crippen molar-refractivity contribution in [1.82, 2.24) is 9.80 Å². The van der Waals surface area contributed by atoms with E-state index in [0.29, 0.717) is 23.0 Å². The smallest absolute Gasteiger partial charge is 0.253 e. The van der Waals surface area contributed by atoms with E-state index in [4.69, 9.17) is 5.26 Å². The number of carbonyl (C=O) groups excluding carboxylic acids is 1. The SMILES string of the molecule is CN(C(=O)c1ccc(C#N)cc1)[C@H](CN1CC(O)(C2CC2)C1)C1CC1. The lowest BCUT2D eigenvalue weighted by atomic mass is 9.88. The third-order valence-corrected chi connectivity index (χ3v) is 6.02. The van der Waals surface area contributed by atoms with Gasteiger partial charge in [-0.2, -0.15) is 5.26 Å². The number of nitriles is 1. The Morgan fingerprint density at radius 1 is 1.32 bits per heavy atom. The van der Waals surface area contributed by atoms with Crippen LogP contribution in [0.2, 0.25) is 0 Å². The van der Waals surface area contributed by atoms with Gasteiger partial charge in [-0.05, 0) is 61.8 Å². The zero-order valence-electron chi connectivity index (χ0n) is 14.7. The molecule has 1 N–H and O–H groups in total. The number of amides is 1. The van der Waals surface area contributed by atoms with Gasteiger partial charge in [0, 0.05) is 38.3 Å². The van der Waals surface area contributed by atoms with E-state index in [1.165, 1.54) is 12.8 Å². The first-order chi connectivity index (χ1) is 12.0. The monoisotopic (exact) mass is 339 g/mol. The van der Waals surface area contributed by atoms with Crippen molar-refractivity contribution in [1.29, 1.82) is 5.26 Å². The van der Waals surface area contributed by atoms with Crippen LogP contribution in [-0.2, 0) is 0 Å². The minimum Gasteiger partial charge on any atom is -0.387 e. The molecular weight excluding hydrogens is 314 g/mol. The minimum absolute atomic E-state index is 0.0133. The van der Waals surface area contributed by atoms with Gasteiger partial charge in [0.2, 0.25) is 0 Å². The molecule has 1 aromatic carbocycles. The number of carbonyl (C=O) groups is 1. The molecule has 5 heteroatoms. The van der Waals surface area contributed by atoms with Crippen LogP contribution in [0.3, 0.4) is 0 Å². The van der Waals surface area contributed by atoms with Crippen LogP contribution >= 0.6 is 0 Å². The summed E-state index contributed by atoms with van der Waals surface area (Å²) in [5.74, 6) is 1.09. The van der Waals surface area contributed by atoms with Crippen LogP contribution in [0.5, 0.6) is 0 Å². The Labute approximate surface area is 148 Å². The fraction of sp³-hybridized carbons (Fsp3) is 0.600. The molecule has 0 unspecified atom stereocenters. The van der Waals surface area contributed by atoms with E-state index in [1.807, 2.05) is 11.9 Å². The third kappa shape index (κ3) is 3.29. The summed E-state index contributed by atoms with van der Waals surface area (Å²) in [6, 6.07) is 9.13. The molecule has 1 amide bonds. The molecule has 0 aromatic heterocycles. The molecule has 1 saturated heterocycles. The van der Waals surface area contributed by atoms with Crippen LogP contribution in [0, 0.1) is 23.2 Å². The quantitative estimate of drug-likeness (QED) is 0.859. The standard InChI is InChI=1S/C20H25N3O2/c1-22(19(24)16-4-2-14(10-21)3-5-16)18(15-6-7-15)11-23-12-20(25,13-23)17-8-9-17/h2-5,15,17-18,25H,6-9,11-13H2,1H3/t18-/m1/s1. The predicted molar refractivity (Wildman–Crippen MR) is 93.9 cm³/mol. The van der Waals surface area contributed by atoms with Crippen molar-refractivity contribution in [2.45, 2.75) is 37.3 Å². The number of likely N-dealkylation sites (tertiary alicyclic amines) is 1. The van der Waals surface area contributed by atoms with Crippen molar-refractivity contribution in [3.05, 3.63) is 35.4 Å².